The molecule has 0 aliphatic heterocycles. The second-order valence-electron chi connectivity index (χ2n) is 4.04. The van der Waals surface area contributed by atoms with Gasteiger partial charge in [0.05, 0.1) is 7.11 Å². The monoisotopic (exact) mass is 245 g/mol. The van der Waals surface area contributed by atoms with Gasteiger partial charge in [-0.2, -0.15) is 0 Å². The highest BCUT2D eigenvalue weighted by Gasteiger charge is 2.00. The molecule has 0 fully saturated rings. The van der Waals surface area contributed by atoms with Gasteiger partial charge in [0.25, 0.3) is 0 Å². The summed E-state index contributed by atoms with van der Waals surface area (Å²) in [5.41, 5.74) is 1.83. The zero-order chi connectivity index (χ0) is 12.8. The Bertz CT molecular complexity index is 496. The van der Waals surface area contributed by atoms with Gasteiger partial charge < -0.3 is 10.1 Å². The molecule has 0 spiro atoms. The van der Waals surface area contributed by atoms with Gasteiger partial charge in [-0.05, 0) is 23.8 Å². The molecule has 0 radical (unpaired) electrons. The molecule has 0 bridgehead atoms. The van der Waals surface area contributed by atoms with Crippen LogP contribution in [0.25, 0.3) is 0 Å². The molecule has 94 valence electrons. The molecule has 0 aromatic heterocycles. The van der Waals surface area contributed by atoms with E-state index in [1.165, 1.54) is 6.07 Å². The minimum atomic E-state index is -0.167. The van der Waals surface area contributed by atoms with Gasteiger partial charge in [0.15, 0.2) is 0 Å². The number of hydrogen-bond donors (Lipinski definition) is 1. The van der Waals surface area contributed by atoms with E-state index in [1.54, 1.807) is 19.2 Å². The minimum absolute atomic E-state index is 0.167. The predicted molar refractivity (Wildman–Crippen MR) is 69.9 cm³/mol. The van der Waals surface area contributed by atoms with E-state index in [2.05, 4.69) is 5.32 Å². The van der Waals surface area contributed by atoms with Gasteiger partial charge in [-0.25, -0.2) is 4.39 Å². The zero-order valence-corrected chi connectivity index (χ0v) is 10.3. The lowest BCUT2D eigenvalue weighted by Gasteiger charge is -2.07. The summed E-state index contributed by atoms with van der Waals surface area (Å²) in [5.74, 6) is 0.674. The fourth-order valence-electron chi connectivity index (χ4n) is 1.73. The van der Waals surface area contributed by atoms with Gasteiger partial charge in [0.2, 0.25) is 0 Å². The molecule has 0 saturated carbocycles. The van der Waals surface area contributed by atoms with E-state index >= 15 is 0 Å². The van der Waals surface area contributed by atoms with Crippen LogP contribution in [0, 0.1) is 5.82 Å². The summed E-state index contributed by atoms with van der Waals surface area (Å²) in [6.45, 7) is 1.23. The molecular weight excluding hydrogens is 229 g/mol. The number of halogens is 1. The number of ether oxygens (including phenoxy) is 1. The van der Waals surface area contributed by atoms with E-state index in [9.17, 15) is 4.39 Å². The van der Waals surface area contributed by atoms with Crippen molar-refractivity contribution in [2.45, 2.75) is 13.1 Å². The Balaban J connectivity index is 1.86. The van der Waals surface area contributed by atoms with Crippen molar-refractivity contribution in [1.82, 2.24) is 5.32 Å². The topological polar surface area (TPSA) is 21.3 Å². The maximum atomic E-state index is 13.4. The summed E-state index contributed by atoms with van der Waals surface area (Å²) in [5, 5.41) is 3.22. The van der Waals surface area contributed by atoms with Gasteiger partial charge in [0, 0.05) is 18.7 Å². The van der Waals surface area contributed by atoms with Gasteiger partial charge in [-0.15, -0.1) is 0 Å². The third-order valence-corrected chi connectivity index (χ3v) is 2.76. The third kappa shape index (κ3) is 3.31. The fourth-order valence-corrected chi connectivity index (χ4v) is 1.73. The average Bonchev–Trinajstić information content (AvgIpc) is 2.42. The molecule has 1 N–H and O–H groups in total. The maximum Gasteiger partial charge on any atom is 0.127 e. The van der Waals surface area contributed by atoms with E-state index < -0.39 is 0 Å². The predicted octanol–water partition coefficient (Wildman–Crippen LogP) is 3.12. The van der Waals surface area contributed by atoms with Crippen molar-refractivity contribution < 1.29 is 9.13 Å². The summed E-state index contributed by atoms with van der Waals surface area (Å²) in [4.78, 5) is 0. The summed E-state index contributed by atoms with van der Waals surface area (Å²) in [6, 6.07) is 14.6. The van der Waals surface area contributed by atoms with Crippen molar-refractivity contribution in [2.75, 3.05) is 7.11 Å². The van der Waals surface area contributed by atoms with Gasteiger partial charge in [0.1, 0.15) is 11.6 Å². The van der Waals surface area contributed by atoms with E-state index in [1.807, 2.05) is 30.3 Å². The van der Waals surface area contributed by atoms with Crippen molar-refractivity contribution in [1.29, 1.82) is 0 Å². The molecule has 0 saturated heterocycles. The first kappa shape index (κ1) is 12.6. The normalized spacial score (nSPS) is 10.3. The summed E-state index contributed by atoms with van der Waals surface area (Å²) < 4.78 is 18.4. The highest BCUT2D eigenvalue weighted by Crippen LogP contribution is 2.11. The third-order valence-electron chi connectivity index (χ3n) is 2.76. The Morgan fingerprint density at radius 3 is 2.39 bits per heavy atom. The molecule has 0 atom stereocenters. The van der Waals surface area contributed by atoms with Gasteiger partial charge >= 0.3 is 0 Å². The highest BCUT2D eigenvalue weighted by molar-refractivity contribution is 5.27. The van der Waals surface area contributed by atoms with E-state index in [4.69, 9.17) is 4.74 Å². The summed E-state index contributed by atoms with van der Waals surface area (Å²) in [7, 11) is 1.64. The Morgan fingerprint density at radius 1 is 1.00 bits per heavy atom. The highest BCUT2D eigenvalue weighted by atomic mass is 19.1. The molecule has 0 aliphatic carbocycles. The average molecular weight is 245 g/mol. The lowest BCUT2D eigenvalue weighted by atomic mass is 10.2. The molecule has 2 nitrogen and oxygen atoms in total. The first-order valence-corrected chi connectivity index (χ1v) is 5.86. The van der Waals surface area contributed by atoms with Crippen LogP contribution < -0.4 is 10.1 Å². The van der Waals surface area contributed by atoms with Crippen LogP contribution in [-0.4, -0.2) is 7.11 Å². The van der Waals surface area contributed by atoms with Gasteiger partial charge in [-0.1, -0.05) is 30.3 Å². The van der Waals surface area contributed by atoms with Crippen LogP contribution >= 0.6 is 0 Å². The molecule has 0 amide bonds. The molecule has 2 rings (SSSR count). The lowest BCUT2D eigenvalue weighted by Crippen LogP contribution is -2.13. The van der Waals surface area contributed by atoms with Crippen molar-refractivity contribution in [3.05, 3.63) is 65.5 Å². The molecule has 2 aromatic carbocycles. The summed E-state index contributed by atoms with van der Waals surface area (Å²) in [6.07, 6.45) is 0. The zero-order valence-electron chi connectivity index (χ0n) is 10.3. The lowest BCUT2D eigenvalue weighted by molar-refractivity contribution is 0.414. The molecule has 0 heterocycles. The molecule has 3 heteroatoms. The first-order chi connectivity index (χ1) is 8.79. The van der Waals surface area contributed by atoms with Crippen molar-refractivity contribution in [2.24, 2.45) is 0 Å². The summed E-state index contributed by atoms with van der Waals surface area (Å²) >= 11 is 0. The van der Waals surface area contributed by atoms with E-state index in [0.29, 0.717) is 18.7 Å². The fraction of sp³-hybridized carbons (Fsp3) is 0.200. The van der Waals surface area contributed by atoms with Crippen LogP contribution in [0.3, 0.4) is 0 Å². The number of benzene rings is 2. The van der Waals surface area contributed by atoms with Crippen LogP contribution in [0.2, 0.25) is 0 Å². The van der Waals surface area contributed by atoms with E-state index in [-0.39, 0.29) is 5.82 Å². The molecule has 0 unspecified atom stereocenters. The Labute approximate surface area is 106 Å². The Hall–Kier alpha value is -1.87. The smallest absolute Gasteiger partial charge is 0.127 e. The van der Waals surface area contributed by atoms with Crippen LogP contribution in [0.5, 0.6) is 5.75 Å². The van der Waals surface area contributed by atoms with Crippen LogP contribution in [0.1, 0.15) is 11.1 Å². The molecular formula is C15H16FNO. The standard InChI is InChI=1S/C15H16FNO/c1-18-14-8-6-12(7-9-14)10-17-11-13-4-2-3-5-15(13)16/h2-9,17H,10-11H2,1H3. The van der Waals surface area contributed by atoms with Gasteiger partial charge in [-0.3, -0.25) is 0 Å². The Morgan fingerprint density at radius 2 is 1.72 bits per heavy atom. The largest absolute Gasteiger partial charge is 0.497 e. The van der Waals surface area contributed by atoms with Crippen LogP contribution in [0.15, 0.2) is 48.5 Å². The minimum Gasteiger partial charge on any atom is -0.497 e. The maximum absolute atomic E-state index is 13.4. The SMILES string of the molecule is COc1ccc(CNCc2ccccc2F)cc1. The quantitative estimate of drug-likeness (QED) is 0.873. The number of nitrogens with one attached hydrogen (secondary N) is 1. The number of rotatable bonds is 5. The Kier molecular flexibility index (Phi) is 4.31. The van der Waals surface area contributed by atoms with Crippen molar-refractivity contribution in [3.63, 3.8) is 0 Å². The second-order valence-corrected chi connectivity index (χ2v) is 4.04. The van der Waals surface area contributed by atoms with Crippen molar-refractivity contribution in [3.8, 4) is 5.75 Å². The van der Waals surface area contributed by atoms with Crippen molar-refractivity contribution >= 4 is 0 Å². The molecule has 2 aromatic rings. The first-order valence-electron chi connectivity index (χ1n) is 5.86. The van der Waals surface area contributed by atoms with Crippen LogP contribution in [-0.2, 0) is 13.1 Å². The van der Waals surface area contributed by atoms with Crippen LogP contribution in [0.4, 0.5) is 4.39 Å². The molecule has 18 heavy (non-hydrogen) atoms. The number of hydrogen-bond acceptors (Lipinski definition) is 2. The molecule has 0 aliphatic rings. The number of methoxy groups -OCH3 is 1. The van der Waals surface area contributed by atoms with E-state index in [0.717, 1.165) is 11.3 Å². The second kappa shape index (κ2) is 6.17.